The molecule has 0 aliphatic carbocycles. The predicted octanol–water partition coefficient (Wildman–Crippen LogP) is 1.15. The molecule has 0 saturated carbocycles. The van der Waals surface area contributed by atoms with E-state index in [9.17, 15) is 4.79 Å². The van der Waals surface area contributed by atoms with Crippen LogP contribution in [0.2, 0.25) is 0 Å². The van der Waals surface area contributed by atoms with Crippen molar-refractivity contribution >= 4 is 12.0 Å². The number of H-pyrrole nitrogens is 1. The third-order valence-electron chi connectivity index (χ3n) is 2.65. The lowest BCUT2D eigenvalue weighted by atomic mass is 10.1. The molecule has 1 aromatic carbocycles. The van der Waals surface area contributed by atoms with Gasteiger partial charge in [-0.25, -0.2) is 0 Å². The second kappa shape index (κ2) is 5.90. The number of nitrogens with zero attached hydrogens (tertiary/aromatic N) is 3. The molecule has 2 rings (SSSR count). The van der Waals surface area contributed by atoms with Gasteiger partial charge < -0.3 is 5.32 Å². The lowest BCUT2D eigenvalue weighted by Gasteiger charge is -2.01. The van der Waals surface area contributed by atoms with Crippen molar-refractivity contribution in [3.05, 3.63) is 46.8 Å². The molecule has 1 amide bonds. The summed E-state index contributed by atoms with van der Waals surface area (Å²) in [5.41, 5.74) is 3.37. The molecule has 0 saturated heterocycles. The Balaban J connectivity index is 1.92. The minimum absolute atomic E-state index is 0.190. The van der Waals surface area contributed by atoms with Gasteiger partial charge in [-0.15, -0.1) is 10.2 Å². The second-order valence-electron chi connectivity index (χ2n) is 4.24. The van der Waals surface area contributed by atoms with Crippen LogP contribution in [0.25, 0.3) is 6.08 Å². The summed E-state index contributed by atoms with van der Waals surface area (Å²) in [5, 5.41) is 15.9. The summed E-state index contributed by atoms with van der Waals surface area (Å²) in [6.07, 6.45) is 3.29. The smallest absolute Gasteiger partial charge is 0.244 e. The van der Waals surface area contributed by atoms with Crippen molar-refractivity contribution < 1.29 is 4.79 Å². The number of hydrogen-bond donors (Lipinski definition) is 2. The van der Waals surface area contributed by atoms with Crippen LogP contribution in [-0.2, 0) is 11.3 Å². The van der Waals surface area contributed by atoms with Crippen LogP contribution in [0.5, 0.6) is 0 Å². The van der Waals surface area contributed by atoms with Crippen molar-refractivity contribution in [2.75, 3.05) is 0 Å². The second-order valence-corrected chi connectivity index (χ2v) is 4.24. The standard InChI is InChI=1S/C13H15N5O/c1-9-3-4-11(10(2)7-9)5-6-13(19)14-8-12-15-17-18-16-12/h3-7H,8H2,1-2H3,(H,14,19)(H,15,16,17,18). The van der Waals surface area contributed by atoms with E-state index < -0.39 is 0 Å². The minimum Gasteiger partial charge on any atom is -0.345 e. The van der Waals surface area contributed by atoms with Gasteiger partial charge in [0.1, 0.15) is 0 Å². The molecule has 0 unspecified atom stereocenters. The van der Waals surface area contributed by atoms with E-state index in [2.05, 4.69) is 32.0 Å². The molecule has 0 atom stereocenters. The van der Waals surface area contributed by atoms with Crippen molar-refractivity contribution in [1.82, 2.24) is 25.9 Å². The van der Waals surface area contributed by atoms with Gasteiger partial charge in [0.05, 0.1) is 6.54 Å². The monoisotopic (exact) mass is 257 g/mol. The Labute approximate surface area is 110 Å². The first-order valence-electron chi connectivity index (χ1n) is 5.90. The molecule has 6 heteroatoms. The fourth-order valence-electron chi connectivity index (χ4n) is 1.66. The van der Waals surface area contributed by atoms with Crippen LogP contribution < -0.4 is 5.32 Å². The van der Waals surface area contributed by atoms with Crippen molar-refractivity contribution in [2.45, 2.75) is 20.4 Å². The number of aromatic nitrogens is 4. The van der Waals surface area contributed by atoms with E-state index >= 15 is 0 Å². The van der Waals surface area contributed by atoms with Gasteiger partial charge in [-0.05, 0) is 31.1 Å². The summed E-state index contributed by atoms with van der Waals surface area (Å²) < 4.78 is 0. The fourth-order valence-corrected chi connectivity index (χ4v) is 1.66. The molecule has 0 spiro atoms. The summed E-state index contributed by atoms with van der Waals surface area (Å²) in [4.78, 5) is 11.6. The minimum atomic E-state index is -0.190. The highest BCUT2D eigenvalue weighted by Gasteiger charge is 2.00. The van der Waals surface area contributed by atoms with Crippen molar-refractivity contribution in [2.24, 2.45) is 0 Å². The molecule has 2 aromatic rings. The molecule has 2 N–H and O–H groups in total. The Morgan fingerprint density at radius 3 is 2.95 bits per heavy atom. The van der Waals surface area contributed by atoms with E-state index in [1.54, 1.807) is 6.08 Å². The number of tetrazole rings is 1. The van der Waals surface area contributed by atoms with E-state index in [0.29, 0.717) is 5.82 Å². The summed E-state index contributed by atoms with van der Waals surface area (Å²) in [6.45, 7) is 4.31. The molecule has 0 aliphatic rings. The topological polar surface area (TPSA) is 83.6 Å². The summed E-state index contributed by atoms with van der Waals surface area (Å²) in [7, 11) is 0. The number of amides is 1. The van der Waals surface area contributed by atoms with E-state index in [-0.39, 0.29) is 12.5 Å². The highest BCUT2D eigenvalue weighted by atomic mass is 16.1. The first-order valence-corrected chi connectivity index (χ1v) is 5.90. The van der Waals surface area contributed by atoms with Gasteiger partial charge in [-0.3, -0.25) is 4.79 Å². The van der Waals surface area contributed by atoms with Gasteiger partial charge >= 0.3 is 0 Å². The van der Waals surface area contributed by atoms with Crippen molar-refractivity contribution in [3.63, 3.8) is 0 Å². The van der Waals surface area contributed by atoms with Crippen LogP contribution in [0, 0.1) is 13.8 Å². The van der Waals surface area contributed by atoms with Crippen LogP contribution in [0.1, 0.15) is 22.5 Å². The van der Waals surface area contributed by atoms with Crippen molar-refractivity contribution in [3.8, 4) is 0 Å². The van der Waals surface area contributed by atoms with Crippen molar-refractivity contribution in [1.29, 1.82) is 0 Å². The van der Waals surface area contributed by atoms with Gasteiger partial charge in [0.25, 0.3) is 0 Å². The van der Waals surface area contributed by atoms with Gasteiger partial charge in [0.15, 0.2) is 5.82 Å². The maximum Gasteiger partial charge on any atom is 0.244 e. The Morgan fingerprint density at radius 1 is 1.42 bits per heavy atom. The zero-order valence-corrected chi connectivity index (χ0v) is 10.8. The molecule has 0 bridgehead atoms. The highest BCUT2D eigenvalue weighted by molar-refractivity contribution is 5.91. The zero-order valence-electron chi connectivity index (χ0n) is 10.8. The Kier molecular flexibility index (Phi) is 4.02. The number of carbonyl (C=O) groups is 1. The van der Waals surface area contributed by atoms with Crippen LogP contribution in [-0.4, -0.2) is 26.5 Å². The lowest BCUT2D eigenvalue weighted by Crippen LogP contribution is -2.21. The van der Waals surface area contributed by atoms with E-state index in [1.807, 2.05) is 26.0 Å². The molecule has 0 fully saturated rings. The summed E-state index contributed by atoms with van der Waals surface area (Å²) in [5.74, 6) is 0.262. The molecule has 19 heavy (non-hydrogen) atoms. The van der Waals surface area contributed by atoms with Gasteiger partial charge in [-0.2, -0.15) is 5.21 Å². The molecule has 6 nitrogen and oxygen atoms in total. The fraction of sp³-hybridized carbons (Fsp3) is 0.231. The molecule has 0 radical (unpaired) electrons. The number of carbonyl (C=O) groups excluding carboxylic acids is 1. The molecule has 1 heterocycles. The number of aromatic amines is 1. The van der Waals surface area contributed by atoms with Gasteiger partial charge in [0, 0.05) is 6.08 Å². The third-order valence-corrected chi connectivity index (χ3v) is 2.65. The number of aryl methyl sites for hydroxylation is 2. The molecular weight excluding hydrogens is 242 g/mol. The summed E-state index contributed by atoms with van der Waals surface area (Å²) in [6, 6.07) is 6.09. The Bertz CT molecular complexity index is 589. The maximum absolute atomic E-state index is 11.6. The largest absolute Gasteiger partial charge is 0.345 e. The SMILES string of the molecule is Cc1ccc(C=CC(=O)NCc2nn[nH]n2)c(C)c1. The van der Waals surface area contributed by atoms with E-state index in [0.717, 1.165) is 11.1 Å². The Morgan fingerprint density at radius 2 is 2.26 bits per heavy atom. The molecule has 0 aliphatic heterocycles. The van der Waals surface area contributed by atoms with E-state index in [1.165, 1.54) is 11.6 Å². The maximum atomic E-state index is 11.6. The normalized spacial score (nSPS) is 10.8. The first kappa shape index (κ1) is 12.9. The third kappa shape index (κ3) is 3.74. The molecular formula is C13H15N5O. The predicted molar refractivity (Wildman–Crippen MR) is 71.0 cm³/mol. The first-order chi connectivity index (χ1) is 9.15. The zero-order chi connectivity index (χ0) is 13.7. The molecule has 98 valence electrons. The number of rotatable bonds is 4. The van der Waals surface area contributed by atoms with E-state index in [4.69, 9.17) is 0 Å². The van der Waals surface area contributed by atoms with Gasteiger partial charge in [-0.1, -0.05) is 29.0 Å². The molecule has 1 aromatic heterocycles. The van der Waals surface area contributed by atoms with Crippen LogP contribution in [0.4, 0.5) is 0 Å². The summed E-state index contributed by atoms with van der Waals surface area (Å²) >= 11 is 0. The number of benzene rings is 1. The van der Waals surface area contributed by atoms with Crippen LogP contribution in [0.15, 0.2) is 24.3 Å². The van der Waals surface area contributed by atoms with Crippen LogP contribution in [0.3, 0.4) is 0 Å². The van der Waals surface area contributed by atoms with Crippen LogP contribution >= 0.6 is 0 Å². The average Bonchev–Trinajstić information content (AvgIpc) is 2.88. The number of nitrogens with one attached hydrogen (secondary N) is 2. The number of hydrogen-bond acceptors (Lipinski definition) is 4. The highest BCUT2D eigenvalue weighted by Crippen LogP contribution is 2.11. The lowest BCUT2D eigenvalue weighted by molar-refractivity contribution is -0.116. The Hall–Kier alpha value is -2.50. The quantitative estimate of drug-likeness (QED) is 0.805. The van der Waals surface area contributed by atoms with Gasteiger partial charge in [0.2, 0.25) is 5.91 Å². The average molecular weight is 257 g/mol.